The van der Waals surface area contributed by atoms with Crippen LogP contribution in [0, 0.1) is 19.7 Å². The molecule has 112 valence electrons. The molecule has 0 aromatic heterocycles. The lowest BCUT2D eigenvalue weighted by Crippen LogP contribution is -2.17. The average molecular weight is 287 g/mol. The Morgan fingerprint density at radius 3 is 2.52 bits per heavy atom. The summed E-state index contributed by atoms with van der Waals surface area (Å²) in [6.45, 7) is 8.84. The molecule has 1 N–H and O–H groups in total. The SMILES string of the molecule is CCNC(C)c1ccc(Oc2cc(C)ccc2C)c(F)c1. The normalized spacial score (nSPS) is 12.2. The van der Waals surface area contributed by atoms with Gasteiger partial charge in [0.2, 0.25) is 0 Å². The van der Waals surface area contributed by atoms with Crippen LogP contribution in [0.1, 0.15) is 36.6 Å². The molecule has 0 heterocycles. The van der Waals surface area contributed by atoms with E-state index in [9.17, 15) is 4.39 Å². The van der Waals surface area contributed by atoms with Crippen LogP contribution in [0.2, 0.25) is 0 Å². The molecular formula is C18H22FNO. The molecule has 2 aromatic carbocycles. The van der Waals surface area contributed by atoms with Crippen LogP contribution in [0.3, 0.4) is 0 Å². The molecule has 0 fully saturated rings. The Bertz CT molecular complexity index is 625. The van der Waals surface area contributed by atoms with E-state index in [-0.39, 0.29) is 17.6 Å². The smallest absolute Gasteiger partial charge is 0.166 e. The molecule has 2 aromatic rings. The van der Waals surface area contributed by atoms with Crippen molar-refractivity contribution in [1.82, 2.24) is 5.32 Å². The Kier molecular flexibility index (Phi) is 4.97. The van der Waals surface area contributed by atoms with Crippen molar-refractivity contribution in [3.05, 3.63) is 58.9 Å². The second-order valence-corrected chi connectivity index (χ2v) is 5.34. The van der Waals surface area contributed by atoms with Gasteiger partial charge in [0, 0.05) is 6.04 Å². The molecule has 0 saturated heterocycles. The number of rotatable bonds is 5. The molecule has 0 aliphatic heterocycles. The fourth-order valence-corrected chi connectivity index (χ4v) is 2.23. The van der Waals surface area contributed by atoms with Gasteiger partial charge in [-0.25, -0.2) is 4.39 Å². The summed E-state index contributed by atoms with van der Waals surface area (Å²) < 4.78 is 19.9. The lowest BCUT2D eigenvalue weighted by atomic mass is 10.1. The van der Waals surface area contributed by atoms with Crippen molar-refractivity contribution >= 4 is 0 Å². The summed E-state index contributed by atoms with van der Waals surface area (Å²) in [6.07, 6.45) is 0. The van der Waals surface area contributed by atoms with Crippen molar-refractivity contribution in [2.75, 3.05) is 6.54 Å². The van der Waals surface area contributed by atoms with E-state index in [4.69, 9.17) is 4.74 Å². The summed E-state index contributed by atoms with van der Waals surface area (Å²) in [5.41, 5.74) is 3.00. The molecule has 0 bridgehead atoms. The Morgan fingerprint density at radius 2 is 1.86 bits per heavy atom. The van der Waals surface area contributed by atoms with E-state index in [1.165, 1.54) is 6.07 Å². The maximum Gasteiger partial charge on any atom is 0.166 e. The lowest BCUT2D eigenvalue weighted by molar-refractivity contribution is 0.437. The van der Waals surface area contributed by atoms with Gasteiger partial charge in [-0.3, -0.25) is 0 Å². The molecule has 0 saturated carbocycles. The first-order valence-corrected chi connectivity index (χ1v) is 7.29. The predicted octanol–water partition coefficient (Wildman–Crippen LogP) is 4.91. The van der Waals surface area contributed by atoms with Gasteiger partial charge in [0.1, 0.15) is 5.75 Å². The first kappa shape index (κ1) is 15.5. The van der Waals surface area contributed by atoms with Gasteiger partial charge >= 0.3 is 0 Å². The molecule has 3 heteroatoms. The number of benzene rings is 2. The summed E-state index contributed by atoms with van der Waals surface area (Å²) in [5.74, 6) is 0.621. The van der Waals surface area contributed by atoms with Crippen LogP contribution in [0.15, 0.2) is 36.4 Å². The van der Waals surface area contributed by atoms with Crippen LogP contribution in [0.4, 0.5) is 4.39 Å². The number of aryl methyl sites for hydroxylation is 2. The number of hydrogen-bond donors (Lipinski definition) is 1. The summed E-state index contributed by atoms with van der Waals surface area (Å²) in [7, 11) is 0. The largest absolute Gasteiger partial charge is 0.454 e. The summed E-state index contributed by atoms with van der Waals surface area (Å²) in [4.78, 5) is 0. The van der Waals surface area contributed by atoms with E-state index in [0.717, 1.165) is 23.2 Å². The van der Waals surface area contributed by atoms with E-state index in [1.54, 1.807) is 6.07 Å². The topological polar surface area (TPSA) is 21.3 Å². The minimum absolute atomic E-state index is 0.124. The van der Waals surface area contributed by atoms with Crippen molar-refractivity contribution < 1.29 is 9.13 Å². The van der Waals surface area contributed by atoms with Gasteiger partial charge in [0.15, 0.2) is 11.6 Å². The predicted molar refractivity (Wildman–Crippen MR) is 84.5 cm³/mol. The van der Waals surface area contributed by atoms with Gasteiger partial charge in [0.25, 0.3) is 0 Å². The zero-order valence-corrected chi connectivity index (χ0v) is 13.0. The van der Waals surface area contributed by atoms with Crippen LogP contribution in [0.5, 0.6) is 11.5 Å². The zero-order valence-electron chi connectivity index (χ0n) is 13.0. The molecule has 21 heavy (non-hydrogen) atoms. The highest BCUT2D eigenvalue weighted by Crippen LogP contribution is 2.29. The monoisotopic (exact) mass is 287 g/mol. The van der Waals surface area contributed by atoms with Crippen molar-refractivity contribution in [2.45, 2.75) is 33.7 Å². The maximum absolute atomic E-state index is 14.2. The van der Waals surface area contributed by atoms with Crippen LogP contribution >= 0.6 is 0 Å². The van der Waals surface area contributed by atoms with E-state index in [0.29, 0.717) is 5.75 Å². The maximum atomic E-state index is 14.2. The van der Waals surface area contributed by atoms with Crippen LogP contribution < -0.4 is 10.1 Å². The van der Waals surface area contributed by atoms with Crippen LogP contribution in [0.25, 0.3) is 0 Å². The summed E-state index contributed by atoms with van der Waals surface area (Å²) in [6, 6.07) is 11.2. The Balaban J connectivity index is 2.23. The van der Waals surface area contributed by atoms with E-state index in [2.05, 4.69) is 5.32 Å². The molecule has 0 radical (unpaired) electrons. The van der Waals surface area contributed by atoms with E-state index < -0.39 is 0 Å². The fraction of sp³-hybridized carbons (Fsp3) is 0.333. The van der Waals surface area contributed by atoms with Gasteiger partial charge in [0.05, 0.1) is 0 Å². The molecule has 2 rings (SSSR count). The van der Waals surface area contributed by atoms with Crippen LogP contribution in [-0.2, 0) is 0 Å². The van der Waals surface area contributed by atoms with Crippen LogP contribution in [-0.4, -0.2) is 6.54 Å². The molecule has 0 amide bonds. The summed E-state index contributed by atoms with van der Waals surface area (Å²) >= 11 is 0. The zero-order chi connectivity index (χ0) is 15.4. The molecular weight excluding hydrogens is 265 g/mol. The lowest BCUT2D eigenvalue weighted by Gasteiger charge is -2.15. The van der Waals surface area contributed by atoms with Gasteiger partial charge in [-0.05, 0) is 62.2 Å². The van der Waals surface area contributed by atoms with Gasteiger partial charge in [-0.1, -0.05) is 25.1 Å². The highest BCUT2D eigenvalue weighted by atomic mass is 19.1. The number of ether oxygens (including phenoxy) is 1. The Labute approximate surface area is 126 Å². The number of halogens is 1. The van der Waals surface area contributed by atoms with E-state index in [1.807, 2.05) is 52.0 Å². The molecule has 0 spiro atoms. The number of nitrogens with one attached hydrogen (secondary N) is 1. The third kappa shape index (κ3) is 3.82. The van der Waals surface area contributed by atoms with Crippen molar-refractivity contribution in [2.24, 2.45) is 0 Å². The molecule has 1 unspecified atom stereocenters. The third-order valence-corrected chi connectivity index (χ3v) is 3.53. The Hall–Kier alpha value is -1.87. The molecule has 0 aliphatic carbocycles. The van der Waals surface area contributed by atoms with Gasteiger partial charge < -0.3 is 10.1 Å². The average Bonchev–Trinajstić information content (AvgIpc) is 2.45. The van der Waals surface area contributed by atoms with E-state index >= 15 is 0 Å². The standard InChI is InChI=1S/C18H22FNO/c1-5-20-14(4)15-8-9-17(16(19)11-15)21-18-10-12(2)6-7-13(18)3/h6-11,14,20H,5H2,1-4H3. The molecule has 0 aliphatic rings. The minimum Gasteiger partial charge on any atom is -0.454 e. The highest BCUT2D eigenvalue weighted by molar-refractivity contribution is 5.41. The minimum atomic E-state index is -0.335. The van der Waals surface area contributed by atoms with Gasteiger partial charge in [-0.15, -0.1) is 0 Å². The fourth-order valence-electron chi connectivity index (χ4n) is 2.23. The van der Waals surface area contributed by atoms with Crippen molar-refractivity contribution in [3.63, 3.8) is 0 Å². The third-order valence-electron chi connectivity index (χ3n) is 3.53. The quantitative estimate of drug-likeness (QED) is 0.844. The van der Waals surface area contributed by atoms with Crippen molar-refractivity contribution in [1.29, 1.82) is 0 Å². The Morgan fingerprint density at radius 1 is 1.10 bits per heavy atom. The summed E-state index contributed by atoms with van der Waals surface area (Å²) in [5, 5.41) is 3.27. The first-order chi connectivity index (χ1) is 10.0. The molecule has 1 atom stereocenters. The van der Waals surface area contributed by atoms with Crippen molar-refractivity contribution in [3.8, 4) is 11.5 Å². The van der Waals surface area contributed by atoms with Gasteiger partial charge in [-0.2, -0.15) is 0 Å². The molecule has 2 nitrogen and oxygen atoms in total. The first-order valence-electron chi connectivity index (χ1n) is 7.29. The second-order valence-electron chi connectivity index (χ2n) is 5.34. The highest BCUT2D eigenvalue weighted by Gasteiger charge is 2.11. The number of hydrogen-bond acceptors (Lipinski definition) is 2. The second kappa shape index (κ2) is 6.72.